The van der Waals surface area contributed by atoms with E-state index in [1.807, 2.05) is 31.2 Å². The maximum atomic E-state index is 11.9. The smallest absolute Gasteiger partial charge is 0.252 e. The Morgan fingerprint density at radius 2 is 2.11 bits per heavy atom. The Bertz CT molecular complexity index is 405. The molecule has 2 N–H and O–H groups in total. The molecular formula is C14H22N2O3. The van der Waals surface area contributed by atoms with Crippen molar-refractivity contribution < 1.29 is 14.3 Å². The van der Waals surface area contributed by atoms with Crippen molar-refractivity contribution in [3.63, 3.8) is 0 Å². The number of rotatable bonds is 7. The summed E-state index contributed by atoms with van der Waals surface area (Å²) in [7, 11) is 3.19. The number of nitrogens with two attached hydrogens (primary N) is 1. The van der Waals surface area contributed by atoms with Gasteiger partial charge in [-0.1, -0.05) is 18.2 Å². The van der Waals surface area contributed by atoms with E-state index in [1.165, 1.54) is 7.11 Å². The Morgan fingerprint density at radius 3 is 2.68 bits per heavy atom. The van der Waals surface area contributed by atoms with Gasteiger partial charge in [0.25, 0.3) is 5.91 Å². The molecule has 1 rings (SSSR count). The van der Waals surface area contributed by atoms with Crippen LogP contribution >= 0.6 is 0 Å². The topological polar surface area (TPSA) is 64.8 Å². The minimum atomic E-state index is -0.580. The van der Waals surface area contributed by atoms with E-state index in [0.29, 0.717) is 13.2 Å². The highest BCUT2D eigenvalue weighted by molar-refractivity contribution is 5.80. The highest BCUT2D eigenvalue weighted by Crippen LogP contribution is 2.15. The number of para-hydroxylation sites is 1. The largest absolute Gasteiger partial charge is 0.491 e. The van der Waals surface area contributed by atoms with Gasteiger partial charge in [-0.05, 0) is 18.6 Å². The lowest BCUT2D eigenvalue weighted by Crippen LogP contribution is -2.43. The molecule has 0 aromatic heterocycles. The fourth-order valence-corrected chi connectivity index (χ4v) is 1.66. The minimum Gasteiger partial charge on any atom is -0.491 e. The van der Waals surface area contributed by atoms with E-state index < -0.39 is 6.10 Å². The molecule has 1 atom stereocenters. The Balaban J connectivity index is 2.41. The molecular weight excluding hydrogens is 244 g/mol. The predicted molar refractivity (Wildman–Crippen MR) is 74.2 cm³/mol. The van der Waals surface area contributed by atoms with Crippen LogP contribution in [0, 0.1) is 6.92 Å². The van der Waals surface area contributed by atoms with Crippen molar-refractivity contribution in [2.75, 3.05) is 33.9 Å². The highest BCUT2D eigenvalue weighted by atomic mass is 16.5. The molecule has 0 aliphatic heterocycles. The summed E-state index contributed by atoms with van der Waals surface area (Å²) in [5.74, 6) is 0.712. The molecule has 0 saturated heterocycles. The Morgan fingerprint density at radius 1 is 1.42 bits per heavy atom. The summed E-state index contributed by atoms with van der Waals surface area (Å²) in [6.07, 6.45) is -0.580. The number of ether oxygens (including phenoxy) is 2. The lowest BCUT2D eigenvalue weighted by molar-refractivity contribution is -0.140. The molecule has 19 heavy (non-hydrogen) atoms. The fourth-order valence-electron chi connectivity index (χ4n) is 1.66. The third-order valence-corrected chi connectivity index (χ3v) is 2.93. The van der Waals surface area contributed by atoms with E-state index in [0.717, 1.165) is 11.3 Å². The van der Waals surface area contributed by atoms with Gasteiger partial charge in [0.15, 0.2) is 0 Å². The number of hydrogen-bond donors (Lipinski definition) is 1. The van der Waals surface area contributed by atoms with Crippen molar-refractivity contribution in [1.82, 2.24) is 4.90 Å². The first-order valence-corrected chi connectivity index (χ1v) is 6.26. The van der Waals surface area contributed by atoms with Crippen LogP contribution in [0.1, 0.15) is 5.56 Å². The zero-order valence-electron chi connectivity index (χ0n) is 11.8. The van der Waals surface area contributed by atoms with Crippen LogP contribution in [0.5, 0.6) is 5.75 Å². The summed E-state index contributed by atoms with van der Waals surface area (Å²) >= 11 is 0. The third-order valence-electron chi connectivity index (χ3n) is 2.93. The average molecular weight is 266 g/mol. The Hall–Kier alpha value is -1.59. The van der Waals surface area contributed by atoms with Crippen molar-refractivity contribution in [3.05, 3.63) is 29.8 Å². The lowest BCUT2D eigenvalue weighted by atomic mass is 10.2. The van der Waals surface area contributed by atoms with Crippen molar-refractivity contribution in [3.8, 4) is 5.75 Å². The van der Waals surface area contributed by atoms with Crippen molar-refractivity contribution in [2.45, 2.75) is 13.0 Å². The third kappa shape index (κ3) is 4.54. The van der Waals surface area contributed by atoms with Crippen LogP contribution in [0.4, 0.5) is 0 Å². The van der Waals surface area contributed by atoms with E-state index in [-0.39, 0.29) is 12.5 Å². The van der Waals surface area contributed by atoms with Gasteiger partial charge in [-0.2, -0.15) is 0 Å². The summed E-state index contributed by atoms with van der Waals surface area (Å²) < 4.78 is 10.6. The molecule has 0 aliphatic carbocycles. The summed E-state index contributed by atoms with van der Waals surface area (Å²) in [4.78, 5) is 13.4. The van der Waals surface area contributed by atoms with Gasteiger partial charge in [0, 0.05) is 20.7 Å². The van der Waals surface area contributed by atoms with Gasteiger partial charge in [0.05, 0.1) is 6.54 Å². The molecule has 106 valence electrons. The van der Waals surface area contributed by atoms with Crippen LogP contribution in [0.2, 0.25) is 0 Å². The number of aryl methyl sites for hydroxylation is 1. The van der Waals surface area contributed by atoms with Gasteiger partial charge in [0.2, 0.25) is 0 Å². The summed E-state index contributed by atoms with van der Waals surface area (Å²) in [6, 6.07) is 7.78. The molecule has 0 saturated carbocycles. The number of hydrogen-bond acceptors (Lipinski definition) is 4. The molecule has 5 heteroatoms. The number of benzene rings is 1. The molecule has 0 bridgehead atoms. The summed E-state index contributed by atoms with van der Waals surface area (Å²) in [5, 5.41) is 0. The SMILES string of the molecule is COC(CN)C(=O)N(C)CCOc1ccccc1C. The molecule has 0 aliphatic rings. The quantitative estimate of drug-likeness (QED) is 0.793. The number of methoxy groups -OCH3 is 1. The van der Waals surface area contributed by atoms with Crippen LogP contribution in [0.3, 0.4) is 0 Å². The standard InChI is InChI=1S/C14H22N2O3/c1-11-6-4-5-7-12(11)19-9-8-16(2)14(17)13(10-15)18-3/h4-7,13H,8-10,15H2,1-3H3. The fraction of sp³-hybridized carbons (Fsp3) is 0.500. The second-order valence-electron chi connectivity index (χ2n) is 4.33. The van der Waals surface area contributed by atoms with Gasteiger partial charge in [-0.3, -0.25) is 4.79 Å². The molecule has 5 nitrogen and oxygen atoms in total. The van der Waals surface area contributed by atoms with Crippen LogP contribution < -0.4 is 10.5 Å². The van der Waals surface area contributed by atoms with E-state index in [1.54, 1.807) is 11.9 Å². The highest BCUT2D eigenvalue weighted by Gasteiger charge is 2.19. The number of carbonyl (C=O) groups excluding carboxylic acids is 1. The molecule has 1 unspecified atom stereocenters. The summed E-state index contributed by atoms with van der Waals surface area (Å²) in [6.45, 7) is 3.10. The maximum Gasteiger partial charge on any atom is 0.252 e. The lowest BCUT2D eigenvalue weighted by Gasteiger charge is -2.22. The van der Waals surface area contributed by atoms with E-state index in [4.69, 9.17) is 15.2 Å². The monoisotopic (exact) mass is 266 g/mol. The summed E-state index contributed by atoms with van der Waals surface area (Å²) in [5.41, 5.74) is 6.53. The van der Waals surface area contributed by atoms with Gasteiger partial charge >= 0.3 is 0 Å². The van der Waals surface area contributed by atoms with Crippen LogP contribution in [-0.2, 0) is 9.53 Å². The average Bonchev–Trinajstić information content (AvgIpc) is 2.42. The number of nitrogens with zero attached hydrogens (tertiary/aromatic N) is 1. The predicted octanol–water partition coefficient (Wildman–Crippen LogP) is 0.806. The van der Waals surface area contributed by atoms with Gasteiger partial charge in [-0.15, -0.1) is 0 Å². The van der Waals surface area contributed by atoms with Crippen molar-refractivity contribution >= 4 is 5.91 Å². The van der Waals surface area contributed by atoms with Crippen LogP contribution in [-0.4, -0.2) is 50.8 Å². The van der Waals surface area contributed by atoms with Gasteiger partial charge < -0.3 is 20.1 Å². The first-order chi connectivity index (χ1) is 9.10. The second-order valence-corrected chi connectivity index (χ2v) is 4.33. The minimum absolute atomic E-state index is 0.126. The van der Waals surface area contributed by atoms with Crippen LogP contribution in [0.15, 0.2) is 24.3 Å². The van der Waals surface area contributed by atoms with E-state index >= 15 is 0 Å². The number of carbonyl (C=O) groups is 1. The van der Waals surface area contributed by atoms with Gasteiger partial charge in [0.1, 0.15) is 18.5 Å². The van der Waals surface area contributed by atoms with Crippen molar-refractivity contribution in [2.24, 2.45) is 5.73 Å². The molecule has 1 amide bonds. The molecule has 0 heterocycles. The second kappa shape index (κ2) is 7.76. The van der Waals surface area contributed by atoms with Crippen LogP contribution in [0.25, 0.3) is 0 Å². The molecule has 0 spiro atoms. The number of likely N-dealkylation sites (N-methyl/N-ethyl adjacent to an activating group) is 1. The van der Waals surface area contributed by atoms with Gasteiger partial charge in [-0.25, -0.2) is 0 Å². The first-order valence-electron chi connectivity index (χ1n) is 6.26. The first kappa shape index (κ1) is 15.5. The Labute approximate surface area is 114 Å². The van der Waals surface area contributed by atoms with E-state index in [9.17, 15) is 4.79 Å². The molecule has 1 aromatic rings. The van der Waals surface area contributed by atoms with E-state index in [2.05, 4.69) is 0 Å². The molecule has 1 aromatic carbocycles. The molecule has 0 radical (unpaired) electrons. The zero-order chi connectivity index (χ0) is 14.3. The maximum absolute atomic E-state index is 11.9. The zero-order valence-corrected chi connectivity index (χ0v) is 11.8. The molecule has 0 fully saturated rings. The van der Waals surface area contributed by atoms with Crippen molar-refractivity contribution in [1.29, 1.82) is 0 Å². The normalized spacial score (nSPS) is 12.0. The number of amides is 1. The Kier molecular flexibility index (Phi) is 6.32.